The minimum absolute atomic E-state index is 0.264. The van der Waals surface area contributed by atoms with Crippen LogP contribution >= 0.6 is 0 Å². The van der Waals surface area contributed by atoms with Crippen molar-refractivity contribution in [3.63, 3.8) is 0 Å². The van der Waals surface area contributed by atoms with E-state index in [0.29, 0.717) is 23.5 Å². The molecule has 4 rings (SSSR count). The van der Waals surface area contributed by atoms with Crippen molar-refractivity contribution < 1.29 is 9.59 Å². The van der Waals surface area contributed by atoms with Gasteiger partial charge < -0.3 is 15.6 Å². The molecule has 0 bridgehead atoms. The summed E-state index contributed by atoms with van der Waals surface area (Å²) in [5.74, 6) is -0.565. The number of benzene rings is 2. The number of hydrogen-bond acceptors (Lipinski definition) is 3. The number of aryl methyl sites for hydroxylation is 1. The van der Waals surface area contributed by atoms with Gasteiger partial charge in [0, 0.05) is 35.4 Å². The summed E-state index contributed by atoms with van der Waals surface area (Å²) < 4.78 is 0. The molecule has 0 saturated heterocycles. The maximum atomic E-state index is 12.9. The Morgan fingerprint density at radius 1 is 1.00 bits per heavy atom. The van der Waals surface area contributed by atoms with E-state index in [4.69, 9.17) is 0 Å². The maximum absolute atomic E-state index is 12.9. The summed E-state index contributed by atoms with van der Waals surface area (Å²) >= 11 is 0. The number of amides is 2. The Balaban J connectivity index is 1.63. The molecule has 4 aromatic rings. The Bertz CT molecular complexity index is 1180. The number of rotatable bonds is 5. The average molecular weight is 384 g/mol. The molecule has 0 aliphatic carbocycles. The van der Waals surface area contributed by atoms with Gasteiger partial charge in [-0.25, -0.2) is 0 Å². The van der Waals surface area contributed by atoms with Crippen molar-refractivity contribution in [2.75, 3.05) is 5.32 Å². The van der Waals surface area contributed by atoms with Gasteiger partial charge >= 0.3 is 0 Å². The zero-order valence-corrected chi connectivity index (χ0v) is 15.9. The summed E-state index contributed by atoms with van der Waals surface area (Å²) in [7, 11) is 0. The van der Waals surface area contributed by atoms with Crippen LogP contribution in [0, 0.1) is 6.92 Å². The molecule has 0 aliphatic rings. The van der Waals surface area contributed by atoms with Crippen molar-refractivity contribution in [3.8, 4) is 0 Å². The molecule has 0 aliphatic heterocycles. The smallest absolute Gasteiger partial charge is 0.270 e. The third-order valence-corrected chi connectivity index (χ3v) is 4.63. The molecule has 6 heteroatoms. The standard InChI is InChI=1S/C23H20N4O2/c1-15-6-4-8-17(12-15)22(28)27-20-18-9-2-3-10-19(18)26-21(20)23(29)25-14-16-7-5-11-24-13-16/h2-13,26H,14H2,1H3,(H,25,29)(H,27,28). The molecule has 2 amide bonds. The fraction of sp³-hybridized carbons (Fsp3) is 0.0870. The van der Waals surface area contributed by atoms with Crippen LogP contribution in [0.15, 0.2) is 73.1 Å². The number of H-pyrrole nitrogens is 1. The highest BCUT2D eigenvalue weighted by atomic mass is 16.2. The number of pyridine rings is 1. The quantitative estimate of drug-likeness (QED) is 0.485. The normalized spacial score (nSPS) is 10.7. The van der Waals surface area contributed by atoms with Gasteiger partial charge in [0.15, 0.2) is 0 Å². The van der Waals surface area contributed by atoms with Gasteiger partial charge in [0.1, 0.15) is 5.69 Å². The zero-order chi connectivity index (χ0) is 20.2. The predicted octanol–water partition coefficient (Wildman–Crippen LogP) is 4.05. The fourth-order valence-electron chi connectivity index (χ4n) is 3.19. The predicted molar refractivity (Wildman–Crippen MR) is 113 cm³/mol. The van der Waals surface area contributed by atoms with E-state index in [0.717, 1.165) is 22.0 Å². The number of anilines is 1. The van der Waals surface area contributed by atoms with Crippen LogP contribution in [0.3, 0.4) is 0 Å². The van der Waals surface area contributed by atoms with Crippen molar-refractivity contribution in [3.05, 3.63) is 95.4 Å². The zero-order valence-electron chi connectivity index (χ0n) is 15.9. The second kappa shape index (κ2) is 7.98. The van der Waals surface area contributed by atoms with Crippen molar-refractivity contribution in [2.45, 2.75) is 13.5 Å². The lowest BCUT2D eigenvalue weighted by atomic mass is 10.1. The minimum atomic E-state index is -0.301. The van der Waals surface area contributed by atoms with Gasteiger partial charge in [0.05, 0.1) is 5.69 Å². The first-order valence-corrected chi connectivity index (χ1v) is 9.27. The van der Waals surface area contributed by atoms with Crippen LogP contribution in [0.2, 0.25) is 0 Å². The van der Waals surface area contributed by atoms with Crippen LogP contribution in [0.25, 0.3) is 10.9 Å². The van der Waals surface area contributed by atoms with E-state index >= 15 is 0 Å². The maximum Gasteiger partial charge on any atom is 0.270 e. The molecule has 0 radical (unpaired) electrons. The number of aromatic nitrogens is 2. The van der Waals surface area contributed by atoms with E-state index in [9.17, 15) is 9.59 Å². The van der Waals surface area contributed by atoms with Crippen LogP contribution in [-0.4, -0.2) is 21.8 Å². The van der Waals surface area contributed by atoms with E-state index in [-0.39, 0.29) is 11.8 Å². The minimum Gasteiger partial charge on any atom is -0.349 e. The summed E-state index contributed by atoms with van der Waals surface area (Å²) in [5.41, 5.74) is 3.98. The lowest BCUT2D eigenvalue weighted by Crippen LogP contribution is -2.25. The fourth-order valence-corrected chi connectivity index (χ4v) is 3.19. The van der Waals surface area contributed by atoms with E-state index in [2.05, 4.69) is 20.6 Å². The van der Waals surface area contributed by atoms with Gasteiger partial charge in [-0.05, 0) is 36.8 Å². The number of para-hydroxylation sites is 1. The molecule has 0 saturated carbocycles. The molecular formula is C23H20N4O2. The molecule has 0 unspecified atom stereocenters. The van der Waals surface area contributed by atoms with Crippen LogP contribution in [0.4, 0.5) is 5.69 Å². The molecular weight excluding hydrogens is 364 g/mol. The number of aromatic amines is 1. The van der Waals surface area contributed by atoms with Crippen LogP contribution in [-0.2, 0) is 6.54 Å². The van der Waals surface area contributed by atoms with Gasteiger partial charge in [0.25, 0.3) is 11.8 Å². The lowest BCUT2D eigenvalue weighted by molar-refractivity contribution is 0.0947. The highest BCUT2D eigenvalue weighted by molar-refractivity contribution is 6.15. The summed E-state index contributed by atoms with van der Waals surface area (Å²) in [4.78, 5) is 32.8. The molecule has 0 spiro atoms. The largest absolute Gasteiger partial charge is 0.349 e. The second-order valence-electron chi connectivity index (χ2n) is 6.79. The molecule has 2 heterocycles. The highest BCUT2D eigenvalue weighted by Gasteiger charge is 2.20. The number of carbonyl (C=O) groups is 2. The molecule has 2 aromatic carbocycles. The molecule has 0 fully saturated rings. The van der Waals surface area contributed by atoms with Gasteiger partial charge in [-0.15, -0.1) is 0 Å². The van der Waals surface area contributed by atoms with Gasteiger partial charge in [-0.2, -0.15) is 0 Å². The topological polar surface area (TPSA) is 86.9 Å². The summed E-state index contributed by atoms with van der Waals surface area (Å²) in [6, 6.07) is 18.5. The first-order valence-electron chi connectivity index (χ1n) is 9.27. The molecule has 29 heavy (non-hydrogen) atoms. The van der Waals surface area contributed by atoms with E-state index in [1.54, 1.807) is 18.5 Å². The van der Waals surface area contributed by atoms with Crippen LogP contribution < -0.4 is 10.6 Å². The molecule has 144 valence electrons. The molecule has 3 N–H and O–H groups in total. The van der Waals surface area contributed by atoms with Crippen molar-refractivity contribution in [1.82, 2.24) is 15.3 Å². The monoisotopic (exact) mass is 384 g/mol. The summed E-state index contributed by atoms with van der Waals surface area (Å²) in [5, 5.41) is 6.57. The van der Waals surface area contributed by atoms with Gasteiger partial charge in [-0.3, -0.25) is 14.6 Å². The van der Waals surface area contributed by atoms with E-state index in [1.807, 2.05) is 61.5 Å². The Labute approximate surface area is 168 Å². The van der Waals surface area contributed by atoms with Crippen molar-refractivity contribution in [2.24, 2.45) is 0 Å². The highest BCUT2D eigenvalue weighted by Crippen LogP contribution is 2.28. The Kier molecular flexibility index (Phi) is 5.07. The summed E-state index contributed by atoms with van der Waals surface area (Å²) in [6.07, 6.45) is 3.38. The first-order chi connectivity index (χ1) is 14.1. The number of nitrogens with zero attached hydrogens (tertiary/aromatic N) is 1. The second-order valence-corrected chi connectivity index (χ2v) is 6.79. The number of nitrogens with one attached hydrogen (secondary N) is 3. The van der Waals surface area contributed by atoms with E-state index < -0.39 is 0 Å². The van der Waals surface area contributed by atoms with Crippen LogP contribution in [0.5, 0.6) is 0 Å². The Hall–Kier alpha value is -3.93. The third kappa shape index (κ3) is 4.01. The molecule has 0 atom stereocenters. The first kappa shape index (κ1) is 18.4. The van der Waals surface area contributed by atoms with Gasteiger partial charge in [-0.1, -0.05) is 42.0 Å². The molecule has 6 nitrogen and oxygen atoms in total. The van der Waals surface area contributed by atoms with Gasteiger partial charge in [0.2, 0.25) is 0 Å². The molecule has 2 aromatic heterocycles. The number of carbonyl (C=O) groups excluding carboxylic acids is 2. The lowest BCUT2D eigenvalue weighted by Gasteiger charge is -2.09. The van der Waals surface area contributed by atoms with E-state index in [1.165, 1.54) is 0 Å². The number of hydrogen-bond donors (Lipinski definition) is 3. The third-order valence-electron chi connectivity index (χ3n) is 4.63. The number of fused-ring (bicyclic) bond motifs is 1. The Morgan fingerprint density at radius 2 is 1.86 bits per heavy atom. The SMILES string of the molecule is Cc1cccc(C(=O)Nc2c(C(=O)NCc3cccnc3)[nH]c3ccccc23)c1. The average Bonchev–Trinajstić information content (AvgIpc) is 3.11. The van der Waals surface area contributed by atoms with Crippen molar-refractivity contribution >= 4 is 28.4 Å². The summed E-state index contributed by atoms with van der Waals surface area (Å²) in [6.45, 7) is 2.27. The van der Waals surface area contributed by atoms with Crippen LogP contribution in [0.1, 0.15) is 32.0 Å². The Morgan fingerprint density at radius 3 is 2.66 bits per heavy atom. The van der Waals surface area contributed by atoms with Crippen molar-refractivity contribution in [1.29, 1.82) is 0 Å².